The molecule has 0 atom stereocenters. The summed E-state index contributed by atoms with van der Waals surface area (Å²) >= 11 is 0. The molecule has 24 heavy (non-hydrogen) atoms. The largest absolute Gasteiger partial charge is 0.444 e. The number of aliphatic hydroxyl groups excluding tert-OH is 1. The molecule has 1 aliphatic carbocycles. The lowest BCUT2D eigenvalue weighted by molar-refractivity contribution is 0.126. The van der Waals surface area contributed by atoms with E-state index in [0.29, 0.717) is 12.4 Å². The van der Waals surface area contributed by atoms with Gasteiger partial charge in [0.1, 0.15) is 6.26 Å². The summed E-state index contributed by atoms with van der Waals surface area (Å²) in [4.78, 5) is 4.58. The fourth-order valence-electron chi connectivity index (χ4n) is 3.73. The van der Waals surface area contributed by atoms with Crippen molar-refractivity contribution in [2.75, 3.05) is 13.2 Å². The summed E-state index contributed by atoms with van der Waals surface area (Å²) in [6.45, 7) is 4.01. The second-order valence-corrected chi connectivity index (χ2v) is 7.15. The molecule has 0 spiro atoms. The number of aromatic nitrogens is 1. The number of nitrogens with one attached hydrogen (secondary N) is 1. The average Bonchev–Trinajstić information content (AvgIpc) is 3.05. The second-order valence-electron chi connectivity index (χ2n) is 7.15. The second kappa shape index (κ2) is 7.95. The lowest BCUT2D eigenvalue weighted by Crippen LogP contribution is -2.36. The van der Waals surface area contributed by atoms with Crippen molar-refractivity contribution in [3.8, 4) is 11.5 Å². The lowest BCUT2D eigenvalue weighted by atomic mass is 9.72. The molecule has 4 nitrogen and oxygen atoms in total. The molecule has 0 aliphatic heterocycles. The third-order valence-electron chi connectivity index (χ3n) is 5.21. The van der Waals surface area contributed by atoms with Crippen molar-refractivity contribution in [2.24, 2.45) is 5.41 Å². The highest BCUT2D eigenvalue weighted by Crippen LogP contribution is 2.38. The zero-order valence-electron chi connectivity index (χ0n) is 14.6. The maximum absolute atomic E-state index is 9.39. The number of hydrogen-bond acceptors (Lipinski definition) is 4. The number of aryl methyl sites for hydroxylation is 1. The van der Waals surface area contributed by atoms with E-state index in [1.165, 1.54) is 37.7 Å². The Morgan fingerprint density at radius 3 is 2.62 bits per heavy atom. The van der Waals surface area contributed by atoms with Crippen LogP contribution in [0.5, 0.6) is 0 Å². The molecule has 3 rings (SSSR count). The van der Waals surface area contributed by atoms with Gasteiger partial charge in [-0.05, 0) is 43.7 Å². The van der Waals surface area contributed by atoms with Crippen molar-refractivity contribution in [2.45, 2.75) is 52.0 Å². The van der Waals surface area contributed by atoms with Crippen molar-refractivity contribution < 1.29 is 9.52 Å². The summed E-state index contributed by atoms with van der Waals surface area (Å²) in [7, 11) is 0. The van der Waals surface area contributed by atoms with Gasteiger partial charge in [0.15, 0.2) is 0 Å². The monoisotopic (exact) mass is 328 g/mol. The summed E-state index contributed by atoms with van der Waals surface area (Å²) < 4.78 is 5.61. The highest BCUT2D eigenvalue weighted by atomic mass is 16.3. The first kappa shape index (κ1) is 17.2. The van der Waals surface area contributed by atoms with Crippen LogP contribution in [-0.2, 0) is 6.54 Å². The molecule has 0 unspecified atom stereocenters. The van der Waals surface area contributed by atoms with Crippen LogP contribution in [0.15, 0.2) is 34.9 Å². The van der Waals surface area contributed by atoms with Crippen LogP contribution < -0.4 is 5.32 Å². The smallest absolute Gasteiger partial charge is 0.226 e. The van der Waals surface area contributed by atoms with Crippen molar-refractivity contribution in [3.63, 3.8) is 0 Å². The molecular weight excluding hydrogens is 300 g/mol. The fourth-order valence-corrected chi connectivity index (χ4v) is 3.73. The van der Waals surface area contributed by atoms with Crippen molar-refractivity contribution in [3.05, 3.63) is 41.8 Å². The van der Waals surface area contributed by atoms with Gasteiger partial charge in [-0.2, -0.15) is 0 Å². The molecule has 0 radical (unpaired) electrons. The highest BCUT2D eigenvalue weighted by molar-refractivity contribution is 5.53. The van der Waals surface area contributed by atoms with Crippen LogP contribution in [0, 0.1) is 12.3 Å². The summed E-state index contributed by atoms with van der Waals surface area (Å²) in [6.07, 6.45) is 8.96. The Bertz CT molecular complexity index is 622. The van der Waals surface area contributed by atoms with Crippen molar-refractivity contribution >= 4 is 0 Å². The van der Waals surface area contributed by atoms with Gasteiger partial charge in [-0.25, -0.2) is 4.98 Å². The molecule has 1 heterocycles. The molecule has 1 fully saturated rings. The molecule has 4 heteroatoms. The van der Waals surface area contributed by atoms with E-state index >= 15 is 0 Å². The van der Waals surface area contributed by atoms with E-state index in [2.05, 4.69) is 29.4 Å². The summed E-state index contributed by atoms with van der Waals surface area (Å²) in [5.74, 6) is 0.675. The minimum absolute atomic E-state index is 0.260. The van der Waals surface area contributed by atoms with Crippen LogP contribution in [-0.4, -0.2) is 23.2 Å². The maximum atomic E-state index is 9.39. The van der Waals surface area contributed by atoms with E-state index < -0.39 is 0 Å². The predicted molar refractivity (Wildman–Crippen MR) is 95.6 cm³/mol. The lowest BCUT2D eigenvalue weighted by Gasteiger charge is -2.37. The van der Waals surface area contributed by atoms with E-state index in [4.69, 9.17) is 4.42 Å². The number of benzene rings is 1. The van der Waals surface area contributed by atoms with Crippen LogP contribution in [0.2, 0.25) is 0 Å². The predicted octanol–water partition coefficient (Wildman–Crippen LogP) is 4.07. The molecule has 1 aromatic heterocycles. The quantitative estimate of drug-likeness (QED) is 0.804. The first-order valence-corrected chi connectivity index (χ1v) is 9.04. The summed E-state index contributed by atoms with van der Waals surface area (Å²) in [5, 5.41) is 12.9. The Hall–Kier alpha value is -1.65. The third kappa shape index (κ3) is 4.25. The zero-order chi connectivity index (χ0) is 16.8. The molecule has 0 saturated heterocycles. The fraction of sp³-hybridized carbons (Fsp3) is 0.550. The van der Waals surface area contributed by atoms with Gasteiger partial charge in [0.05, 0.1) is 5.69 Å². The molecule has 1 aliphatic rings. The molecule has 130 valence electrons. The average molecular weight is 328 g/mol. The van der Waals surface area contributed by atoms with E-state index in [1.54, 1.807) is 6.26 Å². The van der Waals surface area contributed by atoms with Crippen LogP contribution in [0.4, 0.5) is 0 Å². The van der Waals surface area contributed by atoms with Crippen LogP contribution in [0.3, 0.4) is 0 Å². The zero-order valence-corrected chi connectivity index (χ0v) is 14.6. The van der Waals surface area contributed by atoms with Gasteiger partial charge in [-0.15, -0.1) is 0 Å². The van der Waals surface area contributed by atoms with Crippen LogP contribution >= 0.6 is 0 Å². The third-order valence-corrected chi connectivity index (χ3v) is 5.21. The first-order chi connectivity index (χ1) is 11.7. The molecule has 1 aromatic carbocycles. The Kier molecular flexibility index (Phi) is 5.69. The Labute approximate surface area is 144 Å². The Morgan fingerprint density at radius 2 is 1.92 bits per heavy atom. The number of aliphatic hydroxyl groups is 1. The topological polar surface area (TPSA) is 58.3 Å². The van der Waals surface area contributed by atoms with Gasteiger partial charge in [0, 0.05) is 25.3 Å². The van der Waals surface area contributed by atoms with Crippen molar-refractivity contribution in [1.82, 2.24) is 10.3 Å². The van der Waals surface area contributed by atoms with Crippen molar-refractivity contribution in [1.29, 1.82) is 0 Å². The number of rotatable bonds is 7. The molecule has 0 bridgehead atoms. The van der Waals surface area contributed by atoms with Gasteiger partial charge in [0.2, 0.25) is 5.89 Å². The van der Waals surface area contributed by atoms with E-state index in [0.717, 1.165) is 24.2 Å². The molecule has 1 saturated carbocycles. The van der Waals surface area contributed by atoms with Gasteiger partial charge < -0.3 is 14.8 Å². The SMILES string of the molecule is Cc1ccc(-c2nc(CNCC3(CCO)CCCCC3)co2)cc1. The number of hydrogen-bond donors (Lipinski definition) is 2. The molecule has 2 N–H and O–H groups in total. The molecule has 0 amide bonds. The minimum Gasteiger partial charge on any atom is -0.444 e. The van der Waals surface area contributed by atoms with Gasteiger partial charge in [-0.3, -0.25) is 0 Å². The Balaban J connectivity index is 1.56. The number of oxazole rings is 1. The summed E-state index contributed by atoms with van der Waals surface area (Å²) in [6, 6.07) is 8.21. The van der Waals surface area contributed by atoms with Crippen LogP contribution in [0.25, 0.3) is 11.5 Å². The minimum atomic E-state index is 0.260. The van der Waals surface area contributed by atoms with E-state index in [-0.39, 0.29) is 12.0 Å². The first-order valence-electron chi connectivity index (χ1n) is 9.04. The number of nitrogens with zero attached hydrogens (tertiary/aromatic N) is 1. The van der Waals surface area contributed by atoms with E-state index in [9.17, 15) is 5.11 Å². The Morgan fingerprint density at radius 1 is 1.17 bits per heavy atom. The standard InChI is InChI=1S/C20H28N2O2/c1-16-5-7-17(8-6-16)19-22-18(14-24-19)13-21-15-20(11-12-23)9-3-2-4-10-20/h5-8,14,21,23H,2-4,9-13,15H2,1H3. The molecular formula is C20H28N2O2. The van der Waals surface area contributed by atoms with Crippen LogP contribution in [0.1, 0.15) is 49.8 Å². The normalized spacial score (nSPS) is 17.1. The highest BCUT2D eigenvalue weighted by Gasteiger charge is 2.30. The summed E-state index contributed by atoms with van der Waals surface area (Å²) in [5.41, 5.74) is 3.43. The molecule has 2 aromatic rings. The van der Waals surface area contributed by atoms with Gasteiger partial charge in [-0.1, -0.05) is 37.0 Å². The van der Waals surface area contributed by atoms with Gasteiger partial charge in [0.25, 0.3) is 0 Å². The maximum Gasteiger partial charge on any atom is 0.226 e. The van der Waals surface area contributed by atoms with Gasteiger partial charge >= 0.3 is 0 Å². The van der Waals surface area contributed by atoms with E-state index in [1.807, 2.05) is 12.1 Å².